The first kappa shape index (κ1) is 17.0. The van der Waals surface area contributed by atoms with Crippen LogP contribution >= 0.6 is 0 Å². The molecule has 0 fully saturated rings. The molecule has 0 aliphatic carbocycles. The van der Waals surface area contributed by atoms with Crippen LogP contribution in [0.5, 0.6) is 0 Å². The maximum atomic E-state index is 10.0. The first-order chi connectivity index (χ1) is 9.65. The summed E-state index contributed by atoms with van der Waals surface area (Å²) >= 11 is 0. The van der Waals surface area contributed by atoms with Gasteiger partial charge in [0.1, 0.15) is 0 Å². The minimum atomic E-state index is -0.490. The van der Waals surface area contributed by atoms with Gasteiger partial charge in [-0.2, -0.15) is 0 Å². The highest BCUT2D eigenvalue weighted by molar-refractivity contribution is 5.09. The third kappa shape index (κ3) is 6.96. The van der Waals surface area contributed by atoms with Gasteiger partial charge in [0, 0.05) is 32.6 Å². The molecule has 0 saturated carbocycles. The summed E-state index contributed by atoms with van der Waals surface area (Å²) in [5.41, 5.74) is 1.20. The topological polar surface area (TPSA) is 54.8 Å². The smallest absolute Gasteiger partial charge is 0.0900 e. The lowest BCUT2D eigenvalue weighted by Crippen LogP contribution is -2.35. The van der Waals surface area contributed by atoms with E-state index in [4.69, 9.17) is 9.47 Å². The number of pyridine rings is 1. The molecule has 1 aromatic rings. The number of likely N-dealkylation sites (N-methyl/N-ethyl adjacent to an activating group) is 1. The lowest BCUT2D eigenvalue weighted by atomic mass is 10.2. The molecule has 0 aliphatic rings. The van der Waals surface area contributed by atoms with E-state index in [1.54, 1.807) is 19.5 Å². The van der Waals surface area contributed by atoms with Gasteiger partial charge in [0.25, 0.3) is 0 Å². The van der Waals surface area contributed by atoms with Crippen LogP contribution in [0.1, 0.15) is 19.4 Å². The Bertz CT molecular complexity index is 348. The molecule has 1 aromatic heterocycles. The molecule has 0 saturated heterocycles. The summed E-state index contributed by atoms with van der Waals surface area (Å²) in [6, 6.07) is 3.98. The third-order valence-corrected chi connectivity index (χ3v) is 3.05. The van der Waals surface area contributed by atoms with E-state index >= 15 is 0 Å². The van der Waals surface area contributed by atoms with Crippen LogP contribution < -0.4 is 0 Å². The predicted octanol–water partition coefficient (Wildman–Crippen LogP) is 1.32. The standard InChI is InChI=1S/C15H26N2O3/c1-4-17(9-14-5-7-16-8-6-14)10-15(18)12-20-13(2)11-19-3/h5-8,13,15,18H,4,9-12H2,1-3H3. The largest absolute Gasteiger partial charge is 0.389 e. The molecular weight excluding hydrogens is 256 g/mol. The Morgan fingerprint density at radius 1 is 1.30 bits per heavy atom. The van der Waals surface area contributed by atoms with Crippen LogP contribution in [0, 0.1) is 0 Å². The van der Waals surface area contributed by atoms with Crippen molar-refractivity contribution in [2.75, 3.05) is 33.4 Å². The lowest BCUT2D eigenvalue weighted by molar-refractivity contribution is -0.0399. The maximum Gasteiger partial charge on any atom is 0.0900 e. The highest BCUT2D eigenvalue weighted by Crippen LogP contribution is 2.04. The number of ether oxygens (including phenoxy) is 2. The number of hydrogen-bond donors (Lipinski definition) is 1. The second-order valence-electron chi connectivity index (χ2n) is 4.94. The Balaban J connectivity index is 2.32. The first-order valence-electron chi connectivity index (χ1n) is 7.05. The number of aliphatic hydroxyl groups is 1. The highest BCUT2D eigenvalue weighted by atomic mass is 16.5. The Morgan fingerprint density at radius 3 is 2.60 bits per heavy atom. The van der Waals surface area contributed by atoms with E-state index in [2.05, 4.69) is 16.8 Å². The number of aliphatic hydroxyl groups excluding tert-OH is 1. The Kier molecular flexibility index (Phi) is 8.37. The van der Waals surface area contributed by atoms with Crippen molar-refractivity contribution in [3.63, 3.8) is 0 Å². The Hall–Kier alpha value is -1.01. The minimum absolute atomic E-state index is 0.00456. The van der Waals surface area contributed by atoms with Crippen LogP contribution in [0.15, 0.2) is 24.5 Å². The van der Waals surface area contributed by atoms with E-state index in [1.807, 2.05) is 19.1 Å². The van der Waals surface area contributed by atoms with E-state index in [0.29, 0.717) is 19.8 Å². The highest BCUT2D eigenvalue weighted by Gasteiger charge is 2.12. The van der Waals surface area contributed by atoms with E-state index in [-0.39, 0.29) is 6.10 Å². The van der Waals surface area contributed by atoms with Gasteiger partial charge in [-0.15, -0.1) is 0 Å². The molecule has 1 heterocycles. The first-order valence-corrected chi connectivity index (χ1v) is 7.05. The number of methoxy groups -OCH3 is 1. The van der Waals surface area contributed by atoms with Crippen molar-refractivity contribution in [3.8, 4) is 0 Å². The minimum Gasteiger partial charge on any atom is -0.389 e. The predicted molar refractivity (Wildman–Crippen MR) is 78.5 cm³/mol. The summed E-state index contributed by atoms with van der Waals surface area (Å²) in [6.07, 6.45) is 3.09. The molecule has 0 bridgehead atoms. The quantitative estimate of drug-likeness (QED) is 0.701. The average molecular weight is 282 g/mol. The monoisotopic (exact) mass is 282 g/mol. The lowest BCUT2D eigenvalue weighted by Gasteiger charge is -2.24. The fourth-order valence-electron chi connectivity index (χ4n) is 1.96. The van der Waals surface area contributed by atoms with Crippen molar-refractivity contribution in [3.05, 3.63) is 30.1 Å². The Labute approximate surface area is 121 Å². The second-order valence-corrected chi connectivity index (χ2v) is 4.94. The zero-order valence-electron chi connectivity index (χ0n) is 12.7. The average Bonchev–Trinajstić information content (AvgIpc) is 2.46. The van der Waals surface area contributed by atoms with Crippen LogP contribution in [-0.4, -0.2) is 60.6 Å². The van der Waals surface area contributed by atoms with Crippen molar-refractivity contribution in [2.45, 2.75) is 32.6 Å². The molecule has 0 aromatic carbocycles. The summed E-state index contributed by atoms with van der Waals surface area (Å²) in [4.78, 5) is 6.19. The van der Waals surface area contributed by atoms with Gasteiger partial charge in [-0.25, -0.2) is 0 Å². The van der Waals surface area contributed by atoms with E-state index < -0.39 is 6.10 Å². The summed E-state index contributed by atoms with van der Waals surface area (Å²) in [7, 11) is 1.64. The molecule has 5 heteroatoms. The van der Waals surface area contributed by atoms with Gasteiger partial charge < -0.3 is 14.6 Å². The van der Waals surface area contributed by atoms with Gasteiger partial charge in [0.05, 0.1) is 25.4 Å². The van der Waals surface area contributed by atoms with Gasteiger partial charge in [-0.05, 0) is 31.2 Å². The van der Waals surface area contributed by atoms with Crippen LogP contribution in [0.25, 0.3) is 0 Å². The molecule has 1 N–H and O–H groups in total. The van der Waals surface area contributed by atoms with E-state index in [1.165, 1.54) is 5.56 Å². The molecule has 0 radical (unpaired) electrons. The maximum absolute atomic E-state index is 10.0. The normalized spacial score (nSPS) is 14.4. The van der Waals surface area contributed by atoms with Crippen LogP contribution in [0.3, 0.4) is 0 Å². The fourth-order valence-corrected chi connectivity index (χ4v) is 1.96. The summed E-state index contributed by atoms with van der Waals surface area (Å²) in [5.74, 6) is 0. The number of nitrogens with zero attached hydrogens (tertiary/aromatic N) is 2. The molecule has 5 nitrogen and oxygen atoms in total. The van der Waals surface area contributed by atoms with Crippen LogP contribution in [0.4, 0.5) is 0 Å². The number of rotatable bonds is 10. The van der Waals surface area contributed by atoms with Crippen molar-refractivity contribution >= 4 is 0 Å². The number of hydrogen-bond acceptors (Lipinski definition) is 5. The van der Waals surface area contributed by atoms with Crippen molar-refractivity contribution in [1.82, 2.24) is 9.88 Å². The molecule has 20 heavy (non-hydrogen) atoms. The van der Waals surface area contributed by atoms with Gasteiger partial charge in [0.2, 0.25) is 0 Å². The van der Waals surface area contributed by atoms with E-state index in [9.17, 15) is 5.11 Å². The number of aromatic nitrogens is 1. The molecule has 0 spiro atoms. The molecule has 2 unspecified atom stereocenters. The molecule has 0 amide bonds. The molecule has 1 rings (SSSR count). The molecule has 2 atom stereocenters. The van der Waals surface area contributed by atoms with Crippen LogP contribution in [-0.2, 0) is 16.0 Å². The van der Waals surface area contributed by atoms with Crippen molar-refractivity contribution in [2.24, 2.45) is 0 Å². The zero-order chi connectivity index (χ0) is 14.8. The summed E-state index contributed by atoms with van der Waals surface area (Å²) in [6.45, 7) is 7.18. The summed E-state index contributed by atoms with van der Waals surface area (Å²) in [5, 5.41) is 10.0. The molecule has 0 aliphatic heterocycles. The Morgan fingerprint density at radius 2 is 2.00 bits per heavy atom. The molecular formula is C15H26N2O3. The third-order valence-electron chi connectivity index (χ3n) is 3.05. The second kappa shape index (κ2) is 9.83. The van der Waals surface area contributed by atoms with Crippen molar-refractivity contribution < 1.29 is 14.6 Å². The van der Waals surface area contributed by atoms with Gasteiger partial charge in [-0.3, -0.25) is 9.88 Å². The van der Waals surface area contributed by atoms with Crippen LogP contribution in [0.2, 0.25) is 0 Å². The van der Waals surface area contributed by atoms with E-state index in [0.717, 1.165) is 13.1 Å². The van der Waals surface area contributed by atoms with Crippen molar-refractivity contribution in [1.29, 1.82) is 0 Å². The van der Waals surface area contributed by atoms with Gasteiger partial charge in [0.15, 0.2) is 0 Å². The summed E-state index contributed by atoms with van der Waals surface area (Å²) < 4.78 is 10.5. The SMILES string of the molecule is CCN(Cc1ccncc1)CC(O)COC(C)COC. The fraction of sp³-hybridized carbons (Fsp3) is 0.667. The molecule has 114 valence electrons. The van der Waals surface area contributed by atoms with Gasteiger partial charge >= 0.3 is 0 Å². The van der Waals surface area contributed by atoms with Gasteiger partial charge in [-0.1, -0.05) is 6.92 Å². The zero-order valence-corrected chi connectivity index (χ0v) is 12.7.